The molecule has 0 unspecified atom stereocenters. The van der Waals surface area contributed by atoms with Gasteiger partial charge in [-0.2, -0.15) is 4.31 Å². The van der Waals surface area contributed by atoms with Gasteiger partial charge in [-0.05, 0) is 13.0 Å². The highest BCUT2D eigenvalue weighted by Crippen LogP contribution is 2.26. The van der Waals surface area contributed by atoms with E-state index in [-0.39, 0.29) is 35.8 Å². The zero-order valence-corrected chi connectivity index (χ0v) is 11.8. The van der Waals surface area contributed by atoms with Crippen molar-refractivity contribution in [2.75, 3.05) is 19.7 Å². The average Bonchev–Trinajstić information content (AvgIpc) is 2.38. The SMILES string of the molecule is C=CCN(CCO)S(=O)(=O)c1cccc([N+](=O)[O-])c1C. The molecule has 20 heavy (non-hydrogen) atoms. The van der Waals surface area contributed by atoms with Gasteiger partial charge in [0.05, 0.1) is 16.4 Å². The first-order chi connectivity index (χ1) is 9.36. The predicted molar refractivity (Wildman–Crippen MR) is 73.9 cm³/mol. The summed E-state index contributed by atoms with van der Waals surface area (Å²) in [5.41, 5.74) is -0.182. The Balaban J connectivity index is 3.37. The van der Waals surface area contributed by atoms with E-state index in [2.05, 4.69) is 6.58 Å². The molecule has 1 rings (SSSR count). The van der Waals surface area contributed by atoms with Gasteiger partial charge in [-0.1, -0.05) is 12.1 Å². The van der Waals surface area contributed by atoms with Gasteiger partial charge in [-0.15, -0.1) is 6.58 Å². The summed E-state index contributed by atoms with van der Waals surface area (Å²) in [6, 6.07) is 3.88. The Morgan fingerprint density at radius 3 is 2.65 bits per heavy atom. The quantitative estimate of drug-likeness (QED) is 0.461. The lowest BCUT2D eigenvalue weighted by molar-refractivity contribution is -0.385. The van der Waals surface area contributed by atoms with E-state index in [0.29, 0.717) is 0 Å². The third kappa shape index (κ3) is 3.21. The van der Waals surface area contributed by atoms with Gasteiger partial charge in [0.2, 0.25) is 10.0 Å². The Hall–Kier alpha value is -1.77. The van der Waals surface area contributed by atoms with Crippen molar-refractivity contribution >= 4 is 15.7 Å². The molecule has 8 heteroatoms. The normalized spacial score (nSPS) is 11.6. The summed E-state index contributed by atoms with van der Waals surface area (Å²) in [6.07, 6.45) is 1.39. The van der Waals surface area contributed by atoms with Gasteiger partial charge in [0.15, 0.2) is 0 Å². The summed E-state index contributed by atoms with van der Waals surface area (Å²) in [6.45, 7) is 4.42. The van der Waals surface area contributed by atoms with Gasteiger partial charge in [-0.25, -0.2) is 8.42 Å². The number of rotatable bonds is 7. The molecule has 0 heterocycles. The maximum Gasteiger partial charge on any atom is 0.273 e. The van der Waals surface area contributed by atoms with Gasteiger partial charge in [0.25, 0.3) is 5.69 Å². The monoisotopic (exact) mass is 300 g/mol. The molecule has 1 aromatic carbocycles. The molecule has 7 nitrogen and oxygen atoms in total. The summed E-state index contributed by atoms with van der Waals surface area (Å²) in [7, 11) is -3.91. The van der Waals surface area contributed by atoms with Crippen molar-refractivity contribution in [1.29, 1.82) is 0 Å². The van der Waals surface area contributed by atoms with Gasteiger partial charge in [0, 0.05) is 24.7 Å². The lowest BCUT2D eigenvalue weighted by atomic mass is 10.2. The van der Waals surface area contributed by atoms with Crippen molar-refractivity contribution in [2.24, 2.45) is 0 Å². The van der Waals surface area contributed by atoms with Crippen molar-refractivity contribution < 1.29 is 18.4 Å². The number of hydrogen-bond acceptors (Lipinski definition) is 5. The molecule has 0 aliphatic carbocycles. The van der Waals surface area contributed by atoms with Crippen molar-refractivity contribution in [3.8, 4) is 0 Å². The largest absolute Gasteiger partial charge is 0.395 e. The second-order valence-electron chi connectivity index (χ2n) is 4.03. The molecule has 0 atom stereocenters. The second-order valence-corrected chi connectivity index (χ2v) is 5.94. The Labute approximate surface area is 117 Å². The van der Waals surface area contributed by atoms with Crippen LogP contribution in [0.5, 0.6) is 0 Å². The van der Waals surface area contributed by atoms with E-state index in [0.717, 1.165) is 4.31 Å². The predicted octanol–water partition coefficient (Wildman–Crippen LogP) is 1.07. The Morgan fingerprint density at radius 2 is 2.15 bits per heavy atom. The third-order valence-electron chi connectivity index (χ3n) is 2.75. The first-order valence-electron chi connectivity index (χ1n) is 5.82. The van der Waals surface area contributed by atoms with Gasteiger partial charge < -0.3 is 5.11 Å². The number of sulfonamides is 1. The van der Waals surface area contributed by atoms with Crippen LogP contribution in [0.15, 0.2) is 35.7 Å². The summed E-state index contributed by atoms with van der Waals surface area (Å²) >= 11 is 0. The summed E-state index contributed by atoms with van der Waals surface area (Å²) in [5.74, 6) is 0. The number of benzene rings is 1. The number of aliphatic hydroxyl groups is 1. The molecule has 0 amide bonds. The van der Waals surface area contributed by atoms with E-state index in [1.165, 1.54) is 31.2 Å². The molecule has 110 valence electrons. The number of nitro benzene ring substituents is 1. The van der Waals surface area contributed by atoms with Crippen LogP contribution in [0.1, 0.15) is 5.56 Å². The van der Waals surface area contributed by atoms with Crippen LogP contribution in [0, 0.1) is 17.0 Å². The number of aliphatic hydroxyl groups excluding tert-OH is 1. The molecule has 0 aromatic heterocycles. The first kappa shape index (κ1) is 16.3. The smallest absolute Gasteiger partial charge is 0.273 e. The minimum absolute atomic E-state index is 0.0189. The molecular weight excluding hydrogens is 284 g/mol. The van der Waals surface area contributed by atoms with Crippen LogP contribution in [-0.4, -0.2) is 42.4 Å². The van der Waals surface area contributed by atoms with Gasteiger partial charge in [0.1, 0.15) is 0 Å². The van der Waals surface area contributed by atoms with Crippen LogP contribution in [0.4, 0.5) is 5.69 Å². The Kier molecular flexibility index (Phi) is 5.37. The highest BCUT2D eigenvalue weighted by atomic mass is 32.2. The fourth-order valence-electron chi connectivity index (χ4n) is 1.78. The number of nitro groups is 1. The zero-order valence-electron chi connectivity index (χ0n) is 11.0. The minimum atomic E-state index is -3.91. The van der Waals surface area contributed by atoms with Crippen molar-refractivity contribution in [1.82, 2.24) is 4.31 Å². The standard InChI is InChI=1S/C12H16N2O5S/c1-3-7-13(8-9-15)20(18,19)12-6-4-5-11(10(12)2)14(16)17/h3-6,15H,1,7-9H2,2H3. The molecule has 0 radical (unpaired) electrons. The van der Waals surface area contributed by atoms with Crippen LogP contribution in [-0.2, 0) is 10.0 Å². The third-order valence-corrected chi connectivity index (χ3v) is 4.76. The van der Waals surface area contributed by atoms with Crippen LogP contribution in [0.25, 0.3) is 0 Å². The number of nitrogens with zero attached hydrogens (tertiary/aromatic N) is 2. The van der Waals surface area contributed by atoms with E-state index in [9.17, 15) is 18.5 Å². The van der Waals surface area contributed by atoms with Crippen molar-refractivity contribution in [3.05, 3.63) is 46.5 Å². The second kappa shape index (κ2) is 6.60. The lowest BCUT2D eigenvalue weighted by Gasteiger charge is -2.20. The molecule has 0 aliphatic rings. The van der Waals surface area contributed by atoms with E-state index in [1.807, 2.05) is 0 Å². The van der Waals surface area contributed by atoms with E-state index >= 15 is 0 Å². The molecule has 0 saturated carbocycles. The fraction of sp³-hybridized carbons (Fsp3) is 0.333. The summed E-state index contributed by atoms with van der Waals surface area (Å²) in [5, 5.41) is 19.8. The molecule has 0 spiro atoms. The molecule has 1 N–H and O–H groups in total. The fourth-order valence-corrected chi connectivity index (χ4v) is 3.43. The zero-order chi connectivity index (χ0) is 15.3. The highest BCUT2D eigenvalue weighted by molar-refractivity contribution is 7.89. The Morgan fingerprint density at radius 1 is 1.50 bits per heavy atom. The van der Waals surface area contributed by atoms with Crippen molar-refractivity contribution in [2.45, 2.75) is 11.8 Å². The maximum absolute atomic E-state index is 12.5. The van der Waals surface area contributed by atoms with Crippen LogP contribution >= 0.6 is 0 Å². The van der Waals surface area contributed by atoms with Crippen molar-refractivity contribution in [3.63, 3.8) is 0 Å². The van der Waals surface area contributed by atoms with Gasteiger partial charge >= 0.3 is 0 Å². The molecule has 0 saturated heterocycles. The summed E-state index contributed by atoms with van der Waals surface area (Å²) in [4.78, 5) is 10.1. The lowest BCUT2D eigenvalue weighted by Crippen LogP contribution is -2.34. The Bertz CT molecular complexity index is 612. The molecule has 1 aromatic rings. The topological polar surface area (TPSA) is 101 Å². The maximum atomic E-state index is 12.5. The average molecular weight is 300 g/mol. The highest BCUT2D eigenvalue weighted by Gasteiger charge is 2.28. The van der Waals surface area contributed by atoms with Crippen LogP contribution in [0.3, 0.4) is 0 Å². The molecule has 0 fully saturated rings. The van der Waals surface area contributed by atoms with E-state index < -0.39 is 14.9 Å². The van der Waals surface area contributed by atoms with Crippen LogP contribution < -0.4 is 0 Å². The van der Waals surface area contributed by atoms with Crippen LogP contribution in [0.2, 0.25) is 0 Å². The number of hydrogen-bond donors (Lipinski definition) is 1. The van der Waals surface area contributed by atoms with E-state index in [4.69, 9.17) is 5.11 Å². The first-order valence-corrected chi connectivity index (χ1v) is 7.26. The molecule has 0 bridgehead atoms. The van der Waals surface area contributed by atoms with Gasteiger partial charge in [-0.3, -0.25) is 10.1 Å². The summed E-state index contributed by atoms with van der Waals surface area (Å²) < 4.78 is 25.9. The van der Waals surface area contributed by atoms with E-state index in [1.54, 1.807) is 0 Å². The molecule has 0 aliphatic heterocycles. The minimum Gasteiger partial charge on any atom is -0.395 e. The molecular formula is C12H16N2O5S.